The molecule has 0 aliphatic rings. The number of aryl methyl sites for hydroxylation is 1. The third-order valence-electron chi connectivity index (χ3n) is 2.06. The molecule has 0 aliphatic carbocycles. The summed E-state index contributed by atoms with van der Waals surface area (Å²) in [6.07, 6.45) is 6.66. The molecule has 14 heavy (non-hydrogen) atoms. The van der Waals surface area contributed by atoms with Crippen molar-refractivity contribution in [2.75, 3.05) is 5.75 Å². The number of aromatic nitrogens is 3. The summed E-state index contributed by atoms with van der Waals surface area (Å²) in [5, 5.41) is 7.81. The van der Waals surface area contributed by atoms with Crippen LogP contribution < -0.4 is 0 Å². The predicted molar refractivity (Wildman–Crippen MR) is 60.6 cm³/mol. The molecule has 0 fully saturated rings. The molecule has 3 nitrogen and oxygen atoms in total. The number of aromatic amines is 1. The Balaban J connectivity index is 1.99. The van der Waals surface area contributed by atoms with Gasteiger partial charge in [0.05, 0.1) is 0 Å². The fraction of sp³-hybridized carbons (Fsp3) is 0.800. The zero-order valence-electron chi connectivity index (χ0n) is 9.05. The first-order valence-electron chi connectivity index (χ1n) is 5.34. The first-order chi connectivity index (χ1) is 6.83. The predicted octanol–water partition coefficient (Wildman–Crippen LogP) is 3.18. The average Bonchev–Trinajstić information content (AvgIpc) is 2.58. The Morgan fingerprint density at radius 3 is 2.64 bits per heavy atom. The highest BCUT2D eigenvalue weighted by molar-refractivity contribution is 7.99. The van der Waals surface area contributed by atoms with E-state index in [9.17, 15) is 0 Å². The number of unbranched alkanes of at least 4 members (excludes halogenated alkanes) is 4. The first kappa shape index (κ1) is 11.6. The lowest BCUT2D eigenvalue weighted by molar-refractivity contribution is 0.659. The number of hydrogen-bond acceptors (Lipinski definition) is 3. The number of nitrogens with one attached hydrogen (secondary N) is 1. The van der Waals surface area contributed by atoms with Crippen LogP contribution in [0.2, 0.25) is 0 Å². The van der Waals surface area contributed by atoms with Crippen LogP contribution >= 0.6 is 11.8 Å². The minimum Gasteiger partial charge on any atom is -0.262 e. The van der Waals surface area contributed by atoms with Gasteiger partial charge in [-0.25, -0.2) is 4.98 Å². The molecule has 1 N–H and O–H groups in total. The van der Waals surface area contributed by atoms with Gasteiger partial charge >= 0.3 is 0 Å². The number of thioether (sulfide) groups is 1. The highest BCUT2D eigenvalue weighted by Crippen LogP contribution is 2.15. The fourth-order valence-electron chi connectivity index (χ4n) is 1.26. The van der Waals surface area contributed by atoms with E-state index in [4.69, 9.17) is 0 Å². The van der Waals surface area contributed by atoms with Crippen LogP contribution in [-0.2, 0) is 0 Å². The molecule has 0 saturated carbocycles. The van der Waals surface area contributed by atoms with E-state index in [1.807, 2.05) is 6.92 Å². The summed E-state index contributed by atoms with van der Waals surface area (Å²) in [4.78, 5) is 4.24. The topological polar surface area (TPSA) is 41.6 Å². The zero-order chi connectivity index (χ0) is 10.2. The molecule has 80 valence electrons. The van der Waals surface area contributed by atoms with Crippen LogP contribution in [0.15, 0.2) is 5.16 Å². The third-order valence-corrected chi connectivity index (χ3v) is 2.99. The standard InChI is InChI=1S/C10H19N3S/c1-3-4-5-6-7-8-14-10-11-9(2)12-13-10/h3-8H2,1-2H3,(H,11,12,13). The summed E-state index contributed by atoms with van der Waals surface area (Å²) < 4.78 is 0. The normalized spacial score (nSPS) is 10.7. The van der Waals surface area contributed by atoms with Crippen molar-refractivity contribution in [1.29, 1.82) is 0 Å². The third kappa shape index (κ3) is 4.65. The minimum atomic E-state index is 0.887. The van der Waals surface area contributed by atoms with E-state index in [1.165, 1.54) is 32.1 Å². The van der Waals surface area contributed by atoms with Gasteiger partial charge in [-0.15, -0.1) is 5.10 Å². The van der Waals surface area contributed by atoms with E-state index < -0.39 is 0 Å². The van der Waals surface area contributed by atoms with Gasteiger partial charge in [0.1, 0.15) is 5.82 Å². The molecule has 0 atom stereocenters. The second-order valence-electron chi connectivity index (χ2n) is 3.47. The van der Waals surface area contributed by atoms with Crippen molar-refractivity contribution < 1.29 is 0 Å². The maximum atomic E-state index is 4.24. The van der Waals surface area contributed by atoms with Crippen LogP contribution in [-0.4, -0.2) is 20.9 Å². The summed E-state index contributed by atoms with van der Waals surface area (Å²) >= 11 is 1.75. The van der Waals surface area contributed by atoms with Gasteiger partial charge in [0.25, 0.3) is 0 Å². The van der Waals surface area contributed by atoms with Crippen LogP contribution in [0.3, 0.4) is 0 Å². The summed E-state index contributed by atoms with van der Waals surface area (Å²) in [6, 6.07) is 0. The van der Waals surface area contributed by atoms with Crippen molar-refractivity contribution in [3.63, 3.8) is 0 Å². The highest BCUT2D eigenvalue weighted by atomic mass is 32.2. The molecular formula is C10H19N3S. The number of hydrogen-bond donors (Lipinski definition) is 1. The van der Waals surface area contributed by atoms with E-state index in [0.29, 0.717) is 0 Å². The Morgan fingerprint density at radius 1 is 1.21 bits per heavy atom. The van der Waals surface area contributed by atoms with Gasteiger partial charge in [-0.05, 0) is 13.3 Å². The van der Waals surface area contributed by atoms with Gasteiger partial charge in [-0.3, -0.25) is 5.10 Å². The SMILES string of the molecule is CCCCCCCSc1n[nH]c(C)n1. The molecular weight excluding hydrogens is 194 g/mol. The Hall–Kier alpha value is -0.510. The lowest BCUT2D eigenvalue weighted by Crippen LogP contribution is -1.83. The summed E-state index contributed by atoms with van der Waals surface area (Å²) in [7, 11) is 0. The number of rotatable bonds is 7. The van der Waals surface area contributed by atoms with E-state index >= 15 is 0 Å². The maximum absolute atomic E-state index is 4.24. The van der Waals surface area contributed by atoms with E-state index in [-0.39, 0.29) is 0 Å². The smallest absolute Gasteiger partial charge is 0.208 e. The quantitative estimate of drug-likeness (QED) is 0.558. The highest BCUT2D eigenvalue weighted by Gasteiger charge is 1.99. The molecule has 0 amide bonds. The van der Waals surface area contributed by atoms with Crippen LogP contribution in [0, 0.1) is 6.92 Å². The molecule has 0 bridgehead atoms. The minimum absolute atomic E-state index is 0.887. The largest absolute Gasteiger partial charge is 0.262 e. The second-order valence-corrected chi connectivity index (χ2v) is 4.53. The molecule has 0 aliphatic heterocycles. The summed E-state index contributed by atoms with van der Waals surface area (Å²) in [6.45, 7) is 4.17. The average molecular weight is 213 g/mol. The zero-order valence-corrected chi connectivity index (χ0v) is 9.86. The Labute approximate surface area is 90.1 Å². The molecule has 1 aromatic heterocycles. The van der Waals surface area contributed by atoms with Crippen LogP contribution in [0.1, 0.15) is 44.9 Å². The number of H-pyrrole nitrogens is 1. The summed E-state index contributed by atoms with van der Waals surface area (Å²) in [5.41, 5.74) is 0. The molecule has 1 rings (SSSR count). The Kier molecular flexibility index (Phi) is 5.68. The van der Waals surface area contributed by atoms with Crippen molar-refractivity contribution in [1.82, 2.24) is 15.2 Å². The summed E-state index contributed by atoms with van der Waals surface area (Å²) in [5.74, 6) is 2.04. The molecule has 0 radical (unpaired) electrons. The Morgan fingerprint density at radius 2 is 2.00 bits per heavy atom. The van der Waals surface area contributed by atoms with Crippen LogP contribution in [0.25, 0.3) is 0 Å². The molecule has 4 heteroatoms. The van der Waals surface area contributed by atoms with E-state index in [0.717, 1.165) is 16.7 Å². The van der Waals surface area contributed by atoms with Gasteiger partial charge in [-0.2, -0.15) is 0 Å². The molecule has 0 spiro atoms. The van der Waals surface area contributed by atoms with Crippen molar-refractivity contribution in [3.8, 4) is 0 Å². The second kappa shape index (κ2) is 6.87. The Bertz CT molecular complexity index is 247. The van der Waals surface area contributed by atoms with Gasteiger partial charge in [0.15, 0.2) is 0 Å². The first-order valence-corrected chi connectivity index (χ1v) is 6.33. The molecule has 1 aromatic rings. The lowest BCUT2D eigenvalue weighted by Gasteiger charge is -1.97. The molecule has 0 unspecified atom stereocenters. The van der Waals surface area contributed by atoms with Crippen LogP contribution in [0.4, 0.5) is 0 Å². The molecule has 0 aromatic carbocycles. The van der Waals surface area contributed by atoms with Crippen molar-refractivity contribution >= 4 is 11.8 Å². The van der Waals surface area contributed by atoms with E-state index in [2.05, 4.69) is 22.1 Å². The monoisotopic (exact) mass is 213 g/mol. The van der Waals surface area contributed by atoms with E-state index in [1.54, 1.807) is 11.8 Å². The van der Waals surface area contributed by atoms with Gasteiger partial charge in [0, 0.05) is 5.75 Å². The fourth-order valence-corrected chi connectivity index (χ4v) is 2.10. The van der Waals surface area contributed by atoms with Gasteiger partial charge in [0.2, 0.25) is 5.16 Å². The molecule has 0 saturated heterocycles. The van der Waals surface area contributed by atoms with Gasteiger partial charge < -0.3 is 0 Å². The van der Waals surface area contributed by atoms with Crippen molar-refractivity contribution in [2.45, 2.75) is 51.1 Å². The van der Waals surface area contributed by atoms with Crippen molar-refractivity contribution in [3.05, 3.63) is 5.82 Å². The van der Waals surface area contributed by atoms with Gasteiger partial charge in [-0.1, -0.05) is 44.4 Å². The maximum Gasteiger partial charge on any atom is 0.208 e. The lowest BCUT2D eigenvalue weighted by atomic mass is 10.2. The van der Waals surface area contributed by atoms with Crippen molar-refractivity contribution in [2.24, 2.45) is 0 Å². The van der Waals surface area contributed by atoms with Crippen LogP contribution in [0.5, 0.6) is 0 Å². The number of nitrogens with zero attached hydrogens (tertiary/aromatic N) is 2. The molecule has 1 heterocycles.